The van der Waals surface area contributed by atoms with Gasteiger partial charge < -0.3 is 20.5 Å². The second-order valence-electron chi connectivity index (χ2n) is 7.66. The molecule has 4 aromatic rings. The summed E-state index contributed by atoms with van der Waals surface area (Å²) in [5.41, 5.74) is 2.19. The monoisotopic (exact) mass is 533 g/mol. The lowest BCUT2D eigenvalue weighted by atomic mass is 10.1. The van der Waals surface area contributed by atoms with E-state index in [0.717, 1.165) is 21.9 Å². The minimum absolute atomic E-state index is 0.0699. The van der Waals surface area contributed by atoms with E-state index in [1.54, 1.807) is 30.3 Å². The molecule has 0 unspecified atom stereocenters. The smallest absolute Gasteiger partial charge is 0.336 e. The van der Waals surface area contributed by atoms with Gasteiger partial charge in [0.1, 0.15) is 5.75 Å². The van der Waals surface area contributed by atoms with Gasteiger partial charge in [0.25, 0.3) is 5.91 Å². The minimum Gasteiger partial charge on any atom is -0.494 e. The standard InChI is InChI=1S/C27H23N3O5S2/c1-2-35-19-12-10-17(11-13-19)23-15-37-27(29-23)30-24(31)16-36-20-7-5-6-18(14-20)28-25(32)21-8-3-4-9-22(21)26(33)34/h3-15H,2,16H2,1H3,(H,28,32)(H,33,34)(H,29,30,31). The number of carboxylic acid groups (broad SMARTS) is 1. The lowest BCUT2D eigenvalue weighted by Crippen LogP contribution is -2.16. The Kier molecular flexibility index (Phi) is 8.55. The fourth-order valence-corrected chi connectivity index (χ4v) is 4.88. The Morgan fingerprint density at radius 3 is 2.46 bits per heavy atom. The average molecular weight is 534 g/mol. The highest BCUT2D eigenvalue weighted by atomic mass is 32.2. The summed E-state index contributed by atoms with van der Waals surface area (Å²) in [4.78, 5) is 41.8. The topological polar surface area (TPSA) is 118 Å². The molecule has 0 fully saturated rings. The number of thioether (sulfide) groups is 1. The number of aromatic nitrogens is 1. The molecular formula is C27H23N3O5S2. The molecule has 0 aliphatic heterocycles. The molecule has 8 nitrogen and oxygen atoms in total. The molecule has 0 radical (unpaired) electrons. The van der Waals surface area contributed by atoms with Gasteiger partial charge in [0.15, 0.2) is 5.13 Å². The summed E-state index contributed by atoms with van der Waals surface area (Å²) in [6, 6.07) is 20.6. The number of carboxylic acids is 1. The minimum atomic E-state index is -1.17. The first kappa shape index (κ1) is 25.9. The van der Waals surface area contributed by atoms with Crippen molar-refractivity contribution in [2.45, 2.75) is 11.8 Å². The van der Waals surface area contributed by atoms with Gasteiger partial charge >= 0.3 is 5.97 Å². The van der Waals surface area contributed by atoms with Crippen LogP contribution in [0.5, 0.6) is 5.75 Å². The van der Waals surface area contributed by atoms with E-state index in [0.29, 0.717) is 17.4 Å². The van der Waals surface area contributed by atoms with E-state index >= 15 is 0 Å². The SMILES string of the molecule is CCOc1ccc(-c2csc(NC(=O)CSc3cccc(NC(=O)c4ccccc4C(=O)O)c3)n2)cc1. The second-order valence-corrected chi connectivity index (χ2v) is 9.57. The maximum Gasteiger partial charge on any atom is 0.336 e. The fraction of sp³-hybridized carbons (Fsp3) is 0.111. The molecule has 0 atom stereocenters. The van der Waals surface area contributed by atoms with Crippen LogP contribution in [0.4, 0.5) is 10.8 Å². The van der Waals surface area contributed by atoms with Gasteiger partial charge in [-0.25, -0.2) is 9.78 Å². The van der Waals surface area contributed by atoms with Crippen molar-refractivity contribution >= 4 is 51.7 Å². The molecule has 37 heavy (non-hydrogen) atoms. The Morgan fingerprint density at radius 1 is 0.973 bits per heavy atom. The molecular weight excluding hydrogens is 510 g/mol. The number of ether oxygens (including phenoxy) is 1. The highest BCUT2D eigenvalue weighted by Crippen LogP contribution is 2.27. The first-order chi connectivity index (χ1) is 17.9. The molecule has 3 aromatic carbocycles. The summed E-state index contributed by atoms with van der Waals surface area (Å²) >= 11 is 2.65. The van der Waals surface area contributed by atoms with Crippen LogP contribution in [0.2, 0.25) is 0 Å². The largest absolute Gasteiger partial charge is 0.494 e. The number of anilines is 2. The molecule has 0 saturated carbocycles. The van der Waals surface area contributed by atoms with Crippen molar-refractivity contribution in [2.24, 2.45) is 0 Å². The molecule has 2 amide bonds. The number of hydrogen-bond donors (Lipinski definition) is 3. The molecule has 0 saturated heterocycles. The van der Waals surface area contributed by atoms with E-state index in [2.05, 4.69) is 15.6 Å². The number of thiazole rings is 1. The Labute approximate surface area is 221 Å². The number of carbonyl (C=O) groups excluding carboxylic acids is 2. The molecule has 10 heteroatoms. The van der Waals surface area contributed by atoms with Crippen LogP contribution in [0, 0.1) is 0 Å². The highest BCUT2D eigenvalue weighted by Gasteiger charge is 2.16. The van der Waals surface area contributed by atoms with Crippen LogP contribution in [0.25, 0.3) is 11.3 Å². The summed E-state index contributed by atoms with van der Waals surface area (Å²) in [5, 5.41) is 17.2. The maximum atomic E-state index is 12.6. The van der Waals surface area contributed by atoms with E-state index in [1.165, 1.54) is 35.2 Å². The normalized spacial score (nSPS) is 10.5. The van der Waals surface area contributed by atoms with Crippen molar-refractivity contribution in [3.63, 3.8) is 0 Å². The van der Waals surface area contributed by atoms with E-state index < -0.39 is 11.9 Å². The Hall–Kier alpha value is -4.15. The van der Waals surface area contributed by atoms with Gasteiger partial charge in [0.2, 0.25) is 5.91 Å². The molecule has 0 bridgehead atoms. The maximum absolute atomic E-state index is 12.6. The predicted octanol–water partition coefficient (Wildman–Crippen LogP) is 5.89. The molecule has 0 aliphatic carbocycles. The third-order valence-corrected chi connectivity index (χ3v) is 6.83. The van der Waals surface area contributed by atoms with Gasteiger partial charge in [-0.05, 0) is 61.5 Å². The molecule has 3 N–H and O–H groups in total. The van der Waals surface area contributed by atoms with E-state index in [1.807, 2.05) is 42.6 Å². The van der Waals surface area contributed by atoms with Crippen molar-refractivity contribution in [1.29, 1.82) is 0 Å². The van der Waals surface area contributed by atoms with Crippen LogP contribution >= 0.6 is 23.1 Å². The summed E-state index contributed by atoms with van der Waals surface area (Å²) in [6.45, 7) is 2.53. The van der Waals surface area contributed by atoms with Crippen molar-refractivity contribution in [2.75, 3.05) is 23.0 Å². The van der Waals surface area contributed by atoms with Gasteiger partial charge in [-0.3, -0.25) is 9.59 Å². The Morgan fingerprint density at radius 2 is 1.73 bits per heavy atom. The van der Waals surface area contributed by atoms with Crippen LogP contribution in [0.15, 0.2) is 83.1 Å². The quantitative estimate of drug-likeness (QED) is 0.218. The zero-order valence-corrected chi connectivity index (χ0v) is 21.4. The van der Waals surface area contributed by atoms with Gasteiger partial charge in [0, 0.05) is 21.5 Å². The number of hydrogen-bond acceptors (Lipinski definition) is 7. The third kappa shape index (κ3) is 6.96. The van der Waals surface area contributed by atoms with Crippen LogP contribution < -0.4 is 15.4 Å². The van der Waals surface area contributed by atoms with E-state index in [-0.39, 0.29) is 22.8 Å². The lowest BCUT2D eigenvalue weighted by molar-refractivity contribution is -0.113. The number of nitrogens with one attached hydrogen (secondary N) is 2. The highest BCUT2D eigenvalue weighted by molar-refractivity contribution is 8.00. The fourth-order valence-electron chi connectivity index (χ4n) is 3.39. The van der Waals surface area contributed by atoms with Gasteiger partial charge in [0.05, 0.1) is 29.2 Å². The van der Waals surface area contributed by atoms with Gasteiger partial charge in [-0.2, -0.15) is 0 Å². The Balaban J connectivity index is 1.32. The number of aromatic carboxylic acids is 1. The van der Waals surface area contributed by atoms with Crippen molar-refractivity contribution < 1.29 is 24.2 Å². The molecule has 1 aromatic heterocycles. The molecule has 0 aliphatic rings. The molecule has 4 rings (SSSR count). The summed E-state index contributed by atoms with van der Waals surface area (Å²) < 4.78 is 5.46. The van der Waals surface area contributed by atoms with Crippen molar-refractivity contribution in [1.82, 2.24) is 4.98 Å². The number of carbonyl (C=O) groups is 3. The van der Waals surface area contributed by atoms with E-state index in [9.17, 15) is 19.5 Å². The zero-order valence-electron chi connectivity index (χ0n) is 19.8. The predicted molar refractivity (Wildman–Crippen MR) is 146 cm³/mol. The lowest BCUT2D eigenvalue weighted by Gasteiger charge is -2.09. The average Bonchev–Trinajstić information content (AvgIpc) is 3.36. The summed E-state index contributed by atoms with van der Waals surface area (Å²) in [7, 11) is 0. The molecule has 1 heterocycles. The number of rotatable bonds is 10. The van der Waals surface area contributed by atoms with Crippen LogP contribution in [0.3, 0.4) is 0 Å². The number of amides is 2. The van der Waals surface area contributed by atoms with Gasteiger partial charge in [-0.1, -0.05) is 18.2 Å². The van der Waals surface area contributed by atoms with E-state index in [4.69, 9.17) is 4.74 Å². The number of benzene rings is 3. The summed E-state index contributed by atoms with van der Waals surface area (Å²) in [5.74, 6) is -0.960. The van der Waals surface area contributed by atoms with Crippen molar-refractivity contribution in [3.05, 3.63) is 89.3 Å². The van der Waals surface area contributed by atoms with Crippen molar-refractivity contribution in [3.8, 4) is 17.0 Å². The zero-order chi connectivity index (χ0) is 26.2. The van der Waals surface area contributed by atoms with Crippen LogP contribution in [-0.4, -0.2) is 40.2 Å². The van der Waals surface area contributed by atoms with Crippen LogP contribution in [0.1, 0.15) is 27.6 Å². The number of nitrogens with zero attached hydrogens (tertiary/aromatic N) is 1. The van der Waals surface area contributed by atoms with Crippen LogP contribution in [-0.2, 0) is 4.79 Å². The molecule has 0 spiro atoms. The first-order valence-electron chi connectivity index (χ1n) is 11.3. The Bertz CT molecular complexity index is 1420. The first-order valence-corrected chi connectivity index (χ1v) is 13.1. The van der Waals surface area contributed by atoms with Gasteiger partial charge in [-0.15, -0.1) is 23.1 Å². The second kappa shape index (κ2) is 12.2. The summed E-state index contributed by atoms with van der Waals surface area (Å²) in [6.07, 6.45) is 0. The third-order valence-electron chi connectivity index (χ3n) is 5.08. The molecule has 188 valence electrons.